The van der Waals surface area contributed by atoms with Crippen molar-refractivity contribution in [3.8, 4) is 5.75 Å². The van der Waals surface area contributed by atoms with Crippen LogP contribution in [-0.4, -0.2) is 57.9 Å². The van der Waals surface area contributed by atoms with Crippen LogP contribution in [0.15, 0.2) is 24.5 Å². The van der Waals surface area contributed by atoms with Gasteiger partial charge in [0.05, 0.1) is 23.4 Å². The Kier molecular flexibility index (Phi) is 4.31. The largest absolute Gasteiger partial charge is 0.494 e. The quantitative estimate of drug-likeness (QED) is 0.765. The molecule has 2 aromatic heterocycles. The Bertz CT molecular complexity index is 794. The number of hydrogen-bond acceptors (Lipinski definition) is 7. The normalized spacial score (nSPS) is 16.0. The number of piperazine rings is 1. The summed E-state index contributed by atoms with van der Waals surface area (Å²) < 4.78 is 6.76. The number of fused-ring (bicyclic) bond motifs is 1. The van der Waals surface area contributed by atoms with E-state index in [0.717, 1.165) is 54.9 Å². The molecule has 0 saturated carbocycles. The van der Waals surface area contributed by atoms with Gasteiger partial charge in [-0.25, -0.2) is 9.97 Å². The van der Waals surface area contributed by atoms with Crippen LogP contribution >= 0.6 is 11.3 Å². The first-order valence-electron chi connectivity index (χ1n) is 8.17. The molecule has 24 heavy (non-hydrogen) atoms. The van der Waals surface area contributed by atoms with Crippen LogP contribution in [0.5, 0.6) is 5.75 Å². The third kappa shape index (κ3) is 3.20. The number of aromatic amines is 1. The molecule has 1 aliphatic rings. The summed E-state index contributed by atoms with van der Waals surface area (Å²) in [7, 11) is 0. The van der Waals surface area contributed by atoms with E-state index in [9.17, 15) is 0 Å². The van der Waals surface area contributed by atoms with Crippen molar-refractivity contribution in [3.63, 3.8) is 0 Å². The minimum Gasteiger partial charge on any atom is -0.494 e. The summed E-state index contributed by atoms with van der Waals surface area (Å²) in [6.45, 7) is 7.47. The molecule has 0 bridgehead atoms. The molecule has 7 nitrogen and oxygen atoms in total. The molecule has 1 aliphatic heterocycles. The fourth-order valence-electron chi connectivity index (χ4n) is 2.90. The lowest BCUT2D eigenvalue weighted by atomic mass is 10.3. The Morgan fingerprint density at radius 1 is 1.25 bits per heavy atom. The van der Waals surface area contributed by atoms with E-state index in [2.05, 4.69) is 31.0 Å². The van der Waals surface area contributed by atoms with Gasteiger partial charge < -0.3 is 9.64 Å². The van der Waals surface area contributed by atoms with Crippen molar-refractivity contribution < 1.29 is 4.74 Å². The molecule has 0 spiro atoms. The van der Waals surface area contributed by atoms with Gasteiger partial charge in [-0.1, -0.05) is 11.3 Å². The Morgan fingerprint density at radius 2 is 2.12 bits per heavy atom. The monoisotopic (exact) mass is 344 g/mol. The van der Waals surface area contributed by atoms with E-state index in [1.165, 1.54) is 4.70 Å². The molecular formula is C16H20N6OS. The lowest BCUT2D eigenvalue weighted by Gasteiger charge is -2.33. The van der Waals surface area contributed by atoms with Gasteiger partial charge in [-0.3, -0.25) is 10.00 Å². The summed E-state index contributed by atoms with van der Waals surface area (Å²) in [6, 6.07) is 6.12. The first-order valence-corrected chi connectivity index (χ1v) is 8.98. The molecule has 126 valence electrons. The molecule has 1 saturated heterocycles. The molecule has 4 rings (SSSR count). The van der Waals surface area contributed by atoms with Crippen molar-refractivity contribution in [1.82, 2.24) is 25.1 Å². The van der Waals surface area contributed by atoms with Gasteiger partial charge in [-0.2, -0.15) is 5.10 Å². The van der Waals surface area contributed by atoms with Crippen LogP contribution in [0, 0.1) is 0 Å². The van der Waals surface area contributed by atoms with Gasteiger partial charge in [-0.15, -0.1) is 0 Å². The van der Waals surface area contributed by atoms with Gasteiger partial charge in [0, 0.05) is 26.2 Å². The highest BCUT2D eigenvalue weighted by atomic mass is 32.1. The van der Waals surface area contributed by atoms with E-state index in [0.29, 0.717) is 6.61 Å². The maximum Gasteiger partial charge on any atom is 0.186 e. The minimum atomic E-state index is 0.685. The SMILES string of the molecule is CCOc1ccc2nc(N3CCN(Cc4ncn[nH]4)CC3)sc2c1. The molecule has 0 radical (unpaired) electrons. The van der Waals surface area contributed by atoms with E-state index in [4.69, 9.17) is 9.72 Å². The predicted octanol–water partition coefficient (Wildman–Crippen LogP) is 2.14. The van der Waals surface area contributed by atoms with Crippen LogP contribution in [0.25, 0.3) is 10.2 Å². The minimum absolute atomic E-state index is 0.685. The molecule has 1 fully saturated rings. The summed E-state index contributed by atoms with van der Waals surface area (Å²) in [6.07, 6.45) is 1.56. The van der Waals surface area contributed by atoms with Crippen molar-refractivity contribution in [2.24, 2.45) is 0 Å². The van der Waals surface area contributed by atoms with Gasteiger partial charge in [0.2, 0.25) is 0 Å². The standard InChI is InChI=1S/C16H20N6OS/c1-2-23-12-3-4-13-14(9-12)24-16(19-13)22-7-5-21(6-8-22)10-15-17-11-18-20-15/h3-4,9,11H,2,5-8,10H2,1H3,(H,17,18,20). The molecule has 1 N–H and O–H groups in total. The summed E-state index contributed by atoms with van der Waals surface area (Å²) in [5, 5.41) is 7.92. The van der Waals surface area contributed by atoms with E-state index in [-0.39, 0.29) is 0 Å². The van der Waals surface area contributed by atoms with Crippen LogP contribution in [0.3, 0.4) is 0 Å². The number of nitrogens with one attached hydrogen (secondary N) is 1. The summed E-state index contributed by atoms with van der Waals surface area (Å²) in [4.78, 5) is 13.7. The fraction of sp³-hybridized carbons (Fsp3) is 0.438. The second-order valence-corrected chi connectivity index (χ2v) is 6.76. The lowest BCUT2D eigenvalue weighted by Crippen LogP contribution is -2.46. The summed E-state index contributed by atoms with van der Waals surface area (Å²) in [5.74, 6) is 1.84. The molecular weight excluding hydrogens is 324 g/mol. The second kappa shape index (κ2) is 6.74. The number of hydrogen-bond donors (Lipinski definition) is 1. The van der Waals surface area contributed by atoms with E-state index >= 15 is 0 Å². The maximum absolute atomic E-state index is 5.58. The van der Waals surface area contributed by atoms with Gasteiger partial charge in [0.1, 0.15) is 17.9 Å². The molecule has 3 heterocycles. The van der Waals surface area contributed by atoms with Gasteiger partial charge >= 0.3 is 0 Å². The van der Waals surface area contributed by atoms with Crippen LogP contribution in [-0.2, 0) is 6.54 Å². The number of rotatable bonds is 5. The Morgan fingerprint density at radius 3 is 2.88 bits per heavy atom. The van der Waals surface area contributed by atoms with Crippen LogP contribution < -0.4 is 9.64 Å². The molecule has 0 aliphatic carbocycles. The molecule has 8 heteroatoms. The summed E-state index contributed by atoms with van der Waals surface area (Å²) >= 11 is 1.74. The van der Waals surface area contributed by atoms with Crippen molar-refractivity contribution in [2.45, 2.75) is 13.5 Å². The highest BCUT2D eigenvalue weighted by Crippen LogP contribution is 2.32. The maximum atomic E-state index is 5.58. The van der Waals surface area contributed by atoms with E-state index in [1.807, 2.05) is 19.1 Å². The Hall–Kier alpha value is -2.19. The van der Waals surface area contributed by atoms with Gasteiger partial charge in [0.25, 0.3) is 0 Å². The highest BCUT2D eigenvalue weighted by molar-refractivity contribution is 7.22. The number of H-pyrrole nitrogens is 1. The zero-order valence-electron chi connectivity index (χ0n) is 13.6. The molecule has 1 aromatic carbocycles. The molecule has 0 unspecified atom stereocenters. The molecule has 0 atom stereocenters. The topological polar surface area (TPSA) is 70.2 Å². The first-order chi connectivity index (χ1) is 11.8. The molecule has 0 amide bonds. The highest BCUT2D eigenvalue weighted by Gasteiger charge is 2.20. The van der Waals surface area contributed by atoms with Gasteiger partial charge in [0.15, 0.2) is 5.13 Å². The fourth-order valence-corrected chi connectivity index (χ4v) is 3.95. The van der Waals surface area contributed by atoms with Crippen LogP contribution in [0.2, 0.25) is 0 Å². The number of thiazole rings is 1. The predicted molar refractivity (Wildman–Crippen MR) is 94.7 cm³/mol. The van der Waals surface area contributed by atoms with Crippen molar-refractivity contribution in [3.05, 3.63) is 30.4 Å². The smallest absolute Gasteiger partial charge is 0.186 e. The average molecular weight is 344 g/mol. The molecule has 3 aromatic rings. The number of ether oxygens (including phenoxy) is 1. The van der Waals surface area contributed by atoms with Gasteiger partial charge in [-0.05, 0) is 25.1 Å². The number of benzene rings is 1. The third-order valence-corrected chi connectivity index (χ3v) is 5.22. The van der Waals surface area contributed by atoms with Crippen LogP contribution in [0.1, 0.15) is 12.7 Å². The number of anilines is 1. The lowest BCUT2D eigenvalue weighted by molar-refractivity contribution is 0.244. The average Bonchev–Trinajstić information content (AvgIpc) is 3.25. The third-order valence-electron chi connectivity index (χ3n) is 4.14. The van der Waals surface area contributed by atoms with E-state index < -0.39 is 0 Å². The zero-order chi connectivity index (χ0) is 16.4. The Labute approximate surface area is 144 Å². The first kappa shape index (κ1) is 15.3. The zero-order valence-corrected chi connectivity index (χ0v) is 14.4. The number of nitrogens with zero attached hydrogens (tertiary/aromatic N) is 5. The van der Waals surface area contributed by atoms with E-state index in [1.54, 1.807) is 17.7 Å². The van der Waals surface area contributed by atoms with Crippen molar-refractivity contribution in [2.75, 3.05) is 37.7 Å². The van der Waals surface area contributed by atoms with Crippen molar-refractivity contribution >= 4 is 26.7 Å². The van der Waals surface area contributed by atoms with Crippen molar-refractivity contribution in [1.29, 1.82) is 0 Å². The Balaban J connectivity index is 1.42. The summed E-state index contributed by atoms with van der Waals surface area (Å²) in [5.41, 5.74) is 1.04. The van der Waals surface area contributed by atoms with Crippen LogP contribution in [0.4, 0.5) is 5.13 Å². The number of aromatic nitrogens is 4. The second-order valence-electron chi connectivity index (χ2n) is 5.75.